The van der Waals surface area contributed by atoms with Crippen LogP contribution >= 0.6 is 11.3 Å². The first-order valence-corrected chi connectivity index (χ1v) is 11.5. The third-order valence-corrected chi connectivity index (χ3v) is 7.41. The Kier molecular flexibility index (Phi) is 5.04. The number of likely N-dealkylation sites (tertiary alicyclic amines) is 1. The highest BCUT2D eigenvalue weighted by Crippen LogP contribution is 2.39. The number of nitrogens with zero attached hydrogens (tertiary/aromatic N) is 2. The highest BCUT2D eigenvalue weighted by Gasteiger charge is 2.44. The Hall–Kier alpha value is -1.99. The summed E-state index contributed by atoms with van der Waals surface area (Å²) in [6.07, 6.45) is 4.38. The van der Waals surface area contributed by atoms with E-state index < -0.39 is 0 Å². The second-order valence-electron chi connectivity index (χ2n) is 8.86. The van der Waals surface area contributed by atoms with Gasteiger partial charge in [0.25, 0.3) is 5.91 Å². The van der Waals surface area contributed by atoms with Crippen molar-refractivity contribution in [3.8, 4) is 0 Å². The summed E-state index contributed by atoms with van der Waals surface area (Å²) in [6, 6.07) is 5.82. The van der Waals surface area contributed by atoms with Gasteiger partial charge in [-0.2, -0.15) is 0 Å². The minimum absolute atomic E-state index is 0.00254. The lowest BCUT2D eigenvalue weighted by molar-refractivity contribution is -0.122. The van der Waals surface area contributed by atoms with Gasteiger partial charge in [0.2, 0.25) is 5.91 Å². The molecular weight excluding hydrogens is 386 g/mol. The zero-order chi connectivity index (χ0) is 20.0. The molecule has 0 spiro atoms. The molecular formula is C22H27N3O3S. The largest absolute Gasteiger partial charge is 0.376 e. The Bertz CT molecular complexity index is 925. The summed E-state index contributed by atoms with van der Waals surface area (Å²) < 4.78 is 7.27. The Morgan fingerprint density at radius 1 is 1.24 bits per heavy atom. The summed E-state index contributed by atoms with van der Waals surface area (Å²) in [5.74, 6) is 1.66. The van der Waals surface area contributed by atoms with Crippen molar-refractivity contribution >= 4 is 33.4 Å². The van der Waals surface area contributed by atoms with E-state index >= 15 is 0 Å². The number of aromatic nitrogens is 1. The molecule has 2 heterocycles. The molecule has 4 atom stereocenters. The lowest BCUT2D eigenvalue weighted by Crippen LogP contribution is -2.50. The van der Waals surface area contributed by atoms with E-state index in [1.165, 1.54) is 12.8 Å². The maximum Gasteiger partial charge on any atom is 0.253 e. The van der Waals surface area contributed by atoms with Gasteiger partial charge in [0, 0.05) is 32.2 Å². The molecule has 2 aromatic rings. The van der Waals surface area contributed by atoms with Crippen molar-refractivity contribution in [1.29, 1.82) is 0 Å². The van der Waals surface area contributed by atoms with E-state index in [0.717, 1.165) is 48.3 Å². The van der Waals surface area contributed by atoms with Crippen LogP contribution in [0, 0.1) is 17.8 Å². The first kappa shape index (κ1) is 19.0. The molecule has 1 saturated heterocycles. The van der Waals surface area contributed by atoms with Crippen molar-refractivity contribution in [2.75, 3.05) is 19.7 Å². The van der Waals surface area contributed by atoms with Crippen molar-refractivity contribution in [2.45, 2.75) is 44.8 Å². The molecule has 6 nitrogen and oxygen atoms in total. The Labute approximate surface area is 174 Å². The normalized spacial score (nSPS) is 29.1. The van der Waals surface area contributed by atoms with Crippen molar-refractivity contribution in [3.63, 3.8) is 0 Å². The second kappa shape index (κ2) is 7.69. The van der Waals surface area contributed by atoms with Gasteiger partial charge in [0.1, 0.15) is 0 Å². The molecule has 7 heteroatoms. The molecule has 1 aromatic heterocycles. The SMILES string of the molecule is CC(=O)N[C@@H]1C[C@@H]2CN(C(=O)c3ccc4ncsc4c3)C[C@@H]2C[C@H]1OCC1CC1. The molecule has 1 aliphatic heterocycles. The zero-order valence-electron chi connectivity index (χ0n) is 16.7. The summed E-state index contributed by atoms with van der Waals surface area (Å²) in [7, 11) is 0. The lowest BCUT2D eigenvalue weighted by Gasteiger charge is -2.38. The summed E-state index contributed by atoms with van der Waals surface area (Å²) in [4.78, 5) is 31.1. The van der Waals surface area contributed by atoms with Gasteiger partial charge in [-0.05, 0) is 61.6 Å². The second-order valence-corrected chi connectivity index (χ2v) is 9.75. The number of rotatable bonds is 5. The van der Waals surface area contributed by atoms with E-state index in [0.29, 0.717) is 17.8 Å². The van der Waals surface area contributed by atoms with Crippen LogP contribution in [0.2, 0.25) is 0 Å². The van der Waals surface area contributed by atoms with Gasteiger partial charge in [0.15, 0.2) is 0 Å². The molecule has 2 aliphatic carbocycles. The van der Waals surface area contributed by atoms with Crippen LogP contribution in [0.5, 0.6) is 0 Å². The fourth-order valence-electron chi connectivity index (χ4n) is 4.89. The molecule has 3 aliphatic rings. The molecule has 29 heavy (non-hydrogen) atoms. The average Bonchev–Trinajstić information content (AvgIpc) is 3.25. The number of benzene rings is 1. The number of amides is 2. The fraction of sp³-hybridized carbons (Fsp3) is 0.591. The maximum atomic E-state index is 13.1. The summed E-state index contributed by atoms with van der Waals surface area (Å²) in [6.45, 7) is 3.91. The van der Waals surface area contributed by atoms with Crippen LogP contribution in [0.1, 0.15) is 43.0 Å². The standard InChI is InChI=1S/C22H27N3O3S/c1-13(26)24-19-6-16-9-25(10-17(16)7-20(19)28-11-14-2-3-14)22(27)15-4-5-18-21(8-15)29-12-23-18/h4-5,8,12,14,16-17,19-20H,2-3,6-7,9-11H2,1H3,(H,24,26)/t16-,17+,19-,20-/m1/s1. The number of fused-ring (bicyclic) bond motifs is 2. The summed E-state index contributed by atoms with van der Waals surface area (Å²) >= 11 is 1.56. The molecule has 2 saturated carbocycles. The molecule has 2 amide bonds. The predicted molar refractivity (Wildman–Crippen MR) is 112 cm³/mol. The van der Waals surface area contributed by atoms with Gasteiger partial charge in [-0.3, -0.25) is 9.59 Å². The smallest absolute Gasteiger partial charge is 0.253 e. The van der Waals surface area contributed by atoms with Crippen molar-refractivity contribution in [1.82, 2.24) is 15.2 Å². The third kappa shape index (κ3) is 4.03. The quantitative estimate of drug-likeness (QED) is 0.818. The zero-order valence-corrected chi connectivity index (χ0v) is 17.5. The molecule has 1 N–H and O–H groups in total. The number of ether oxygens (including phenoxy) is 1. The van der Waals surface area contributed by atoms with E-state index in [1.807, 2.05) is 28.6 Å². The van der Waals surface area contributed by atoms with Crippen molar-refractivity contribution in [2.24, 2.45) is 17.8 Å². The number of thiazole rings is 1. The Morgan fingerprint density at radius 3 is 2.79 bits per heavy atom. The van der Waals surface area contributed by atoms with Crippen LogP contribution in [0.15, 0.2) is 23.7 Å². The Balaban J connectivity index is 1.28. The molecule has 0 unspecified atom stereocenters. The van der Waals surface area contributed by atoms with Crippen LogP contribution < -0.4 is 5.32 Å². The number of carbonyl (C=O) groups is 2. The van der Waals surface area contributed by atoms with Crippen molar-refractivity contribution in [3.05, 3.63) is 29.3 Å². The monoisotopic (exact) mass is 413 g/mol. The minimum atomic E-state index is -0.00254. The van der Waals surface area contributed by atoms with Gasteiger partial charge in [-0.25, -0.2) is 4.98 Å². The van der Waals surface area contributed by atoms with E-state index in [1.54, 1.807) is 18.3 Å². The first-order valence-electron chi connectivity index (χ1n) is 10.6. The molecule has 3 fully saturated rings. The first-order chi connectivity index (χ1) is 14.1. The molecule has 154 valence electrons. The number of hydrogen-bond acceptors (Lipinski definition) is 5. The van der Waals surface area contributed by atoms with Gasteiger partial charge >= 0.3 is 0 Å². The van der Waals surface area contributed by atoms with E-state index in [4.69, 9.17) is 4.74 Å². The number of carbonyl (C=O) groups excluding carboxylic acids is 2. The Morgan fingerprint density at radius 2 is 2.03 bits per heavy atom. The van der Waals surface area contributed by atoms with E-state index in [9.17, 15) is 9.59 Å². The summed E-state index contributed by atoms with van der Waals surface area (Å²) in [5.41, 5.74) is 3.49. The van der Waals surface area contributed by atoms with Crippen LogP contribution in [0.25, 0.3) is 10.2 Å². The summed E-state index contributed by atoms with van der Waals surface area (Å²) in [5, 5.41) is 3.11. The number of hydrogen-bond donors (Lipinski definition) is 1. The molecule has 0 bridgehead atoms. The van der Waals surface area contributed by atoms with E-state index in [2.05, 4.69) is 10.3 Å². The van der Waals surface area contributed by atoms with Gasteiger partial charge in [-0.1, -0.05) is 0 Å². The number of nitrogens with one attached hydrogen (secondary N) is 1. The molecule has 0 radical (unpaired) electrons. The van der Waals surface area contributed by atoms with E-state index in [-0.39, 0.29) is 24.0 Å². The lowest BCUT2D eigenvalue weighted by atomic mass is 9.77. The minimum Gasteiger partial charge on any atom is -0.376 e. The third-order valence-electron chi connectivity index (χ3n) is 6.61. The van der Waals surface area contributed by atoms with Crippen LogP contribution in [-0.2, 0) is 9.53 Å². The molecule has 1 aromatic carbocycles. The van der Waals surface area contributed by atoms with Gasteiger partial charge in [0.05, 0.1) is 27.9 Å². The fourth-order valence-corrected chi connectivity index (χ4v) is 5.61. The molecule has 5 rings (SSSR count). The van der Waals surface area contributed by atoms with Crippen molar-refractivity contribution < 1.29 is 14.3 Å². The maximum absolute atomic E-state index is 13.1. The van der Waals surface area contributed by atoms with Crippen LogP contribution in [-0.4, -0.2) is 53.5 Å². The van der Waals surface area contributed by atoms with Gasteiger partial charge in [-0.15, -0.1) is 11.3 Å². The van der Waals surface area contributed by atoms with Gasteiger partial charge < -0.3 is 15.0 Å². The van der Waals surface area contributed by atoms with Crippen LogP contribution in [0.4, 0.5) is 0 Å². The van der Waals surface area contributed by atoms with Crippen LogP contribution in [0.3, 0.4) is 0 Å². The highest BCUT2D eigenvalue weighted by atomic mass is 32.1. The topological polar surface area (TPSA) is 71.5 Å². The predicted octanol–water partition coefficient (Wildman–Crippen LogP) is 3.08. The average molecular weight is 414 g/mol. The highest BCUT2D eigenvalue weighted by molar-refractivity contribution is 7.16.